The highest BCUT2D eigenvalue weighted by Gasteiger charge is 2.50. The number of rotatable bonds is 9. The van der Waals surface area contributed by atoms with Gasteiger partial charge < -0.3 is 30.6 Å². The van der Waals surface area contributed by atoms with Gasteiger partial charge in [0.1, 0.15) is 18.5 Å². The van der Waals surface area contributed by atoms with Crippen molar-refractivity contribution in [2.75, 3.05) is 18.5 Å². The minimum Gasteiger partial charge on any atom is -0.490 e. The van der Waals surface area contributed by atoms with Crippen molar-refractivity contribution in [3.05, 3.63) is 59.3 Å². The van der Waals surface area contributed by atoms with Gasteiger partial charge in [-0.3, -0.25) is 4.79 Å². The maximum Gasteiger partial charge on any atom is 0.335 e. The number of carboxylic acid groups (broad SMARTS) is 1. The van der Waals surface area contributed by atoms with Crippen LogP contribution in [-0.4, -0.2) is 51.9 Å². The van der Waals surface area contributed by atoms with Crippen molar-refractivity contribution in [3.8, 4) is 5.75 Å². The number of aromatic carboxylic acids is 1. The lowest BCUT2D eigenvalue weighted by molar-refractivity contribution is -0.120. The second-order valence-electron chi connectivity index (χ2n) is 10.7. The molecule has 3 aromatic rings. The summed E-state index contributed by atoms with van der Waals surface area (Å²) in [6, 6.07) is 10.7. The average molecular weight is 528 g/mol. The van der Waals surface area contributed by atoms with Gasteiger partial charge in [0, 0.05) is 40.4 Å². The number of carbonyl (C=O) groups is 2. The van der Waals surface area contributed by atoms with E-state index in [0.29, 0.717) is 18.7 Å². The summed E-state index contributed by atoms with van der Waals surface area (Å²) in [6.45, 7) is 4.53. The number of aliphatic hydroxyl groups is 1. The Hall–Kier alpha value is -3.07. The summed E-state index contributed by atoms with van der Waals surface area (Å²) in [5.41, 5.74) is 3.05. The fourth-order valence-electron chi connectivity index (χ4n) is 5.70. The van der Waals surface area contributed by atoms with Gasteiger partial charge in [-0.25, -0.2) is 4.79 Å². The molecule has 1 amide bonds. The summed E-state index contributed by atoms with van der Waals surface area (Å²) in [5.74, 6) is -0.227. The summed E-state index contributed by atoms with van der Waals surface area (Å²) in [6.07, 6.45) is 5.51. The van der Waals surface area contributed by atoms with Gasteiger partial charge in [0.2, 0.25) is 5.91 Å². The number of halogens is 1. The van der Waals surface area contributed by atoms with Crippen molar-refractivity contribution in [2.45, 2.75) is 63.0 Å². The van der Waals surface area contributed by atoms with Gasteiger partial charge in [-0.15, -0.1) is 12.4 Å². The second kappa shape index (κ2) is 10.4. The van der Waals surface area contributed by atoms with Crippen LogP contribution in [0.2, 0.25) is 0 Å². The molecule has 1 aliphatic heterocycles. The minimum atomic E-state index is -0.951. The van der Waals surface area contributed by atoms with Gasteiger partial charge in [0.15, 0.2) is 0 Å². The van der Waals surface area contributed by atoms with Crippen LogP contribution in [0.3, 0.4) is 0 Å². The monoisotopic (exact) mass is 527 g/mol. The molecule has 1 aromatic heterocycles. The van der Waals surface area contributed by atoms with Crippen LogP contribution in [0.25, 0.3) is 10.9 Å². The molecule has 2 aromatic carbocycles. The van der Waals surface area contributed by atoms with Crippen LogP contribution >= 0.6 is 12.4 Å². The number of carboxylic acids is 1. The molecule has 0 unspecified atom stereocenters. The molecule has 198 valence electrons. The third-order valence-electron chi connectivity index (χ3n) is 7.54. The number of hydrogen-bond donors (Lipinski definition) is 5. The van der Waals surface area contributed by atoms with E-state index in [0.717, 1.165) is 53.4 Å². The SMILES string of the molecule is CC(C)(Cc1c[nH]c2ccc(C(=O)O)cc12)NC[C@H](O)COc1cccc2c1C1(CCCC1)C(=O)N2.Cl. The second-order valence-corrected chi connectivity index (χ2v) is 10.7. The van der Waals surface area contributed by atoms with E-state index >= 15 is 0 Å². The first-order chi connectivity index (χ1) is 17.2. The molecule has 1 saturated carbocycles. The van der Waals surface area contributed by atoms with E-state index in [2.05, 4.69) is 15.6 Å². The van der Waals surface area contributed by atoms with Crippen molar-refractivity contribution in [3.63, 3.8) is 0 Å². The lowest BCUT2D eigenvalue weighted by atomic mass is 9.79. The molecule has 37 heavy (non-hydrogen) atoms. The Bertz CT molecular complexity index is 1310. The van der Waals surface area contributed by atoms with Crippen molar-refractivity contribution in [1.29, 1.82) is 0 Å². The molecule has 2 aliphatic rings. The smallest absolute Gasteiger partial charge is 0.335 e. The number of nitrogens with one attached hydrogen (secondary N) is 3. The molecule has 1 fully saturated rings. The average Bonchev–Trinajstić information content (AvgIpc) is 3.55. The molecule has 0 bridgehead atoms. The van der Waals surface area contributed by atoms with E-state index in [1.165, 1.54) is 0 Å². The number of aromatic amines is 1. The highest BCUT2D eigenvalue weighted by Crippen LogP contribution is 2.52. The molecule has 2 heterocycles. The number of aliphatic hydroxyl groups excluding tert-OH is 1. The molecule has 5 N–H and O–H groups in total. The number of ether oxygens (including phenoxy) is 1. The molecule has 0 saturated heterocycles. The number of carbonyl (C=O) groups excluding carboxylic acids is 1. The Morgan fingerprint density at radius 3 is 2.70 bits per heavy atom. The topological polar surface area (TPSA) is 124 Å². The molecular weight excluding hydrogens is 494 g/mol. The molecule has 1 spiro atoms. The third-order valence-corrected chi connectivity index (χ3v) is 7.54. The van der Waals surface area contributed by atoms with Gasteiger partial charge >= 0.3 is 5.97 Å². The number of hydrogen-bond acceptors (Lipinski definition) is 5. The maximum absolute atomic E-state index is 12.8. The fourth-order valence-corrected chi connectivity index (χ4v) is 5.70. The van der Waals surface area contributed by atoms with Gasteiger partial charge in [-0.1, -0.05) is 18.9 Å². The normalized spacial score (nSPS) is 16.9. The lowest BCUT2D eigenvalue weighted by Crippen LogP contribution is -2.46. The number of fused-ring (bicyclic) bond motifs is 3. The third kappa shape index (κ3) is 5.19. The largest absolute Gasteiger partial charge is 0.490 e. The highest BCUT2D eigenvalue weighted by molar-refractivity contribution is 6.07. The summed E-state index contributed by atoms with van der Waals surface area (Å²) >= 11 is 0. The van der Waals surface area contributed by atoms with Crippen LogP contribution in [0.1, 0.15) is 61.0 Å². The lowest BCUT2D eigenvalue weighted by Gasteiger charge is -2.28. The van der Waals surface area contributed by atoms with Crippen molar-refractivity contribution in [2.24, 2.45) is 0 Å². The van der Waals surface area contributed by atoms with E-state index in [1.54, 1.807) is 18.2 Å². The quantitative estimate of drug-likeness (QED) is 0.281. The summed E-state index contributed by atoms with van der Waals surface area (Å²) in [7, 11) is 0. The van der Waals surface area contributed by atoms with Crippen molar-refractivity contribution in [1.82, 2.24) is 10.3 Å². The molecule has 0 radical (unpaired) electrons. The molecule has 1 aliphatic carbocycles. The number of aromatic nitrogens is 1. The van der Waals surface area contributed by atoms with E-state index < -0.39 is 17.5 Å². The first kappa shape index (κ1) is 27.0. The zero-order valence-electron chi connectivity index (χ0n) is 21.1. The summed E-state index contributed by atoms with van der Waals surface area (Å²) < 4.78 is 6.07. The van der Waals surface area contributed by atoms with E-state index in [-0.39, 0.29) is 36.0 Å². The van der Waals surface area contributed by atoms with Crippen LogP contribution in [0.4, 0.5) is 5.69 Å². The maximum atomic E-state index is 12.8. The minimum absolute atomic E-state index is 0. The van der Waals surface area contributed by atoms with Crippen LogP contribution < -0.4 is 15.4 Å². The van der Waals surface area contributed by atoms with Crippen LogP contribution in [0.5, 0.6) is 5.75 Å². The van der Waals surface area contributed by atoms with Crippen molar-refractivity contribution >= 4 is 40.9 Å². The number of anilines is 1. The molecule has 1 atom stereocenters. The van der Waals surface area contributed by atoms with Crippen molar-refractivity contribution < 1.29 is 24.5 Å². The Morgan fingerprint density at radius 2 is 1.97 bits per heavy atom. The molecule has 9 heteroatoms. The van der Waals surface area contributed by atoms with E-state index in [1.807, 2.05) is 38.2 Å². The fraction of sp³-hybridized carbons (Fsp3) is 0.429. The number of amides is 1. The highest BCUT2D eigenvalue weighted by atomic mass is 35.5. The van der Waals surface area contributed by atoms with Crippen LogP contribution in [-0.2, 0) is 16.6 Å². The standard InChI is InChI=1S/C28H33N3O5.ClH/c1-27(2,13-18-14-29-21-9-8-17(25(33)34)12-20(18)21)30-15-19(32)16-36-23-7-5-6-22-24(23)28(26(35)31-22)10-3-4-11-28;/h5-9,12,14,19,29-30,32H,3-4,10-11,13,15-16H2,1-2H3,(H,31,35)(H,33,34);1H/t19-;/m0./s1. The zero-order chi connectivity index (χ0) is 25.5. The van der Waals surface area contributed by atoms with Crippen LogP contribution in [0, 0.1) is 0 Å². The molecule has 5 rings (SSSR count). The Kier molecular flexibility index (Phi) is 7.55. The van der Waals surface area contributed by atoms with Gasteiger partial charge in [0.25, 0.3) is 0 Å². The Balaban J connectivity index is 0.00000320. The Labute approximate surface area is 222 Å². The van der Waals surface area contributed by atoms with Gasteiger partial charge in [-0.05, 0) is 69.0 Å². The predicted octanol–water partition coefficient (Wildman–Crippen LogP) is 4.40. The first-order valence-corrected chi connectivity index (χ1v) is 12.5. The number of benzene rings is 2. The van der Waals surface area contributed by atoms with Gasteiger partial charge in [-0.2, -0.15) is 0 Å². The number of β-amino-alcohol motifs (C(OH)–C–C–N with tert-alkyl or cyclic N) is 1. The summed E-state index contributed by atoms with van der Waals surface area (Å²) in [4.78, 5) is 27.3. The summed E-state index contributed by atoms with van der Waals surface area (Å²) in [5, 5.41) is 27.3. The van der Waals surface area contributed by atoms with Crippen LogP contribution in [0.15, 0.2) is 42.6 Å². The first-order valence-electron chi connectivity index (χ1n) is 12.5. The van der Waals surface area contributed by atoms with Gasteiger partial charge in [0.05, 0.1) is 11.0 Å². The Morgan fingerprint density at radius 1 is 1.22 bits per heavy atom. The van der Waals surface area contributed by atoms with E-state index in [4.69, 9.17) is 4.74 Å². The predicted molar refractivity (Wildman–Crippen MR) is 145 cm³/mol. The molecule has 8 nitrogen and oxygen atoms in total. The molecular formula is C28H34ClN3O5. The zero-order valence-corrected chi connectivity index (χ0v) is 21.9. The van der Waals surface area contributed by atoms with E-state index in [9.17, 15) is 19.8 Å². The number of H-pyrrole nitrogens is 1.